The predicted octanol–water partition coefficient (Wildman–Crippen LogP) is 1.75. The Morgan fingerprint density at radius 1 is 1.26 bits per heavy atom. The van der Waals surface area contributed by atoms with Crippen molar-refractivity contribution in [3.63, 3.8) is 0 Å². The number of ether oxygens (including phenoxy) is 1. The fraction of sp³-hybridized carbons (Fsp3) is 0.688. The fourth-order valence-electron chi connectivity index (χ4n) is 2.75. The molecule has 0 saturated carbocycles. The topological polar surface area (TPSA) is 76.5 Å². The molecule has 0 unspecified atom stereocenters. The van der Waals surface area contributed by atoms with E-state index in [1.165, 1.54) is 0 Å². The van der Waals surface area contributed by atoms with Crippen LogP contribution in [0.4, 0.5) is 5.69 Å². The number of rotatable bonds is 6. The van der Waals surface area contributed by atoms with E-state index < -0.39 is 0 Å². The van der Waals surface area contributed by atoms with Gasteiger partial charge in [0.25, 0.3) is 5.91 Å². The van der Waals surface area contributed by atoms with E-state index in [2.05, 4.69) is 10.4 Å². The molecule has 7 heteroatoms. The van der Waals surface area contributed by atoms with Crippen molar-refractivity contribution < 1.29 is 14.3 Å². The normalized spacial score (nSPS) is 15.0. The summed E-state index contributed by atoms with van der Waals surface area (Å²) in [4.78, 5) is 26.9. The number of carbonyl (C=O) groups excluding carboxylic acids is 2. The quantitative estimate of drug-likeness (QED) is 0.865. The van der Waals surface area contributed by atoms with E-state index in [-0.39, 0.29) is 17.7 Å². The lowest BCUT2D eigenvalue weighted by atomic mass is 10.0. The van der Waals surface area contributed by atoms with Gasteiger partial charge in [-0.1, -0.05) is 13.8 Å². The zero-order valence-corrected chi connectivity index (χ0v) is 14.2. The van der Waals surface area contributed by atoms with Crippen LogP contribution in [0.2, 0.25) is 0 Å². The van der Waals surface area contributed by atoms with Crippen molar-refractivity contribution in [3.05, 3.63) is 11.9 Å². The Morgan fingerprint density at radius 3 is 2.48 bits per heavy atom. The van der Waals surface area contributed by atoms with Crippen molar-refractivity contribution in [2.24, 2.45) is 5.92 Å². The Kier molecular flexibility index (Phi) is 6.15. The molecular formula is C16H26N4O3. The second-order valence-electron chi connectivity index (χ2n) is 5.63. The highest BCUT2D eigenvalue weighted by atomic mass is 16.5. The summed E-state index contributed by atoms with van der Waals surface area (Å²) in [6, 6.07) is 0. The largest absolute Gasteiger partial charge is 0.378 e. The highest BCUT2D eigenvalue weighted by Crippen LogP contribution is 2.20. The molecule has 0 bridgehead atoms. The first kappa shape index (κ1) is 17.5. The van der Waals surface area contributed by atoms with Crippen LogP contribution in [0.25, 0.3) is 0 Å². The number of nitrogens with one attached hydrogen (secondary N) is 1. The van der Waals surface area contributed by atoms with Crippen LogP contribution >= 0.6 is 0 Å². The monoisotopic (exact) mass is 322 g/mol. The number of nitrogens with zero attached hydrogens (tertiary/aromatic N) is 3. The molecule has 0 atom stereocenters. The van der Waals surface area contributed by atoms with E-state index in [1.807, 2.05) is 20.8 Å². The van der Waals surface area contributed by atoms with Crippen molar-refractivity contribution in [2.45, 2.75) is 40.2 Å². The van der Waals surface area contributed by atoms with Gasteiger partial charge in [0.15, 0.2) is 0 Å². The SMILES string of the molecule is CCC(CC)C(=O)Nc1cnn(CC)c1C(=O)N1CCOCC1. The van der Waals surface area contributed by atoms with Gasteiger partial charge in [-0.25, -0.2) is 0 Å². The van der Waals surface area contributed by atoms with Gasteiger partial charge in [-0.15, -0.1) is 0 Å². The number of hydrogen-bond donors (Lipinski definition) is 1. The molecule has 2 heterocycles. The summed E-state index contributed by atoms with van der Waals surface area (Å²) in [5.41, 5.74) is 0.953. The molecule has 1 aliphatic heterocycles. The van der Waals surface area contributed by atoms with Crippen LogP contribution in [-0.2, 0) is 16.1 Å². The molecule has 1 aromatic rings. The first-order valence-electron chi connectivity index (χ1n) is 8.35. The highest BCUT2D eigenvalue weighted by molar-refractivity contribution is 6.02. The molecule has 0 aliphatic carbocycles. The molecule has 1 N–H and O–H groups in total. The Labute approximate surface area is 137 Å². The lowest BCUT2D eigenvalue weighted by Gasteiger charge is -2.27. The number of anilines is 1. The molecule has 0 radical (unpaired) electrons. The van der Waals surface area contributed by atoms with Gasteiger partial charge >= 0.3 is 0 Å². The summed E-state index contributed by atoms with van der Waals surface area (Å²) < 4.78 is 6.93. The number of amides is 2. The average Bonchev–Trinajstić information content (AvgIpc) is 2.98. The second-order valence-corrected chi connectivity index (χ2v) is 5.63. The maximum atomic E-state index is 12.8. The minimum atomic E-state index is -0.104. The highest BCUT2D eigenvalue weighted by Gasteiger charge is 2.26. The maximum absolute atomic E-state index is 12.8. The molecule has 1 aromatic heterocycles. The predicted molar refractivity (Wildman–Crippen MR) is 87.3 cm³/mol. The van der Waals surface area contributed by atoms with Gasteiger partial charge in [-0.3, -0.25) is 14.3 Å². The molecule has 128 valence electrons. The van der Waals surface area contributed by atoms with E-state index in [4.69, 9.17) is 4.74 Å². The van der Waals surface area contributed by atoms with Gasteiger partial charge in [0.1, 0.15) is 5.69 Å². The van der Waals surface area contributed by atoms with Crippen LogP contribution in [0.5, 0.6) is 0 Å². The Hall–Kier alpha value is -1.89. The van der Waals surface area contributed by atoms with Gasteiger partial charge in [0.05, 0.1) is 25.1 Å². The Bertz CT molecular complexity index is 546. The molecule has 0 spiro atoms. The molecule has 2 amide bonds. The van der Waals surface area contributed by atoms with E-state index in [0.717, 1.165) is 12.8 Å². The number of morpholine rings is 1. The first-order chi connectivity index (χ1) is 11.1. The van der Waals surface area contributed by atoms with E-state index >= 15 is 0 Å². The summed E-state index contributed by atoms with van der Waals surface area (Å²) in [5.74, 6) is -0.208. The first-order valence-corrected chi connectivity index (χ1v) is 8.35. The van der Waals surface area contributed by atoms with Gasteiger partial charge < -0.3 is 15.0 Å². The van der Waals surface area contributed by atoms with E-state index in [0.29, 0.717) is 44.2 Å². The van der Waals surface area contributed by atoms with Crippen molar-refractivity contribution in [1.29, 1.82) is 0 Å². The lowest BCUT2D eigenvalue weighted by molar-refractivity contribution is -0.120. The molecule has 1 saturated heterocycles. The van der Waals surface area contributed by atoms with Crippen molar-refractivity contribution in [3.8, 4) is 0 Å². The van der Waals surface area contributed by atoms with Crippen LogP contribution in [0.3, 0.4) is 0 Å². The number of hydrogen-bond acceptors (Lipinski definition) is 4. The molecule has 1 aliphatic rings. The van der Waals surface area contributed by atoms with Crippen LogP contribution < -0.4 is 5.32 Å². The Morgan fingerprint density at radius 2 is 1.91 bits per heavy atom. The Balaban J connectivity index is 2.22. The zero-order valence-electron chi connectivity index (χ0n) is 14.2. The van der Waals surface area contributed by atoms with Crippen molar-refractivity contribution >= 4 is 17.5 Å². The summed E-state index contributed by atoms with van der Waals surface area (Å²) in [5, 5.41) is 7.12. The lowest BCUT2D eigenvalue weighted by Crippen LogP contribution is -2.41. The van der Waals surface area contributed by atoms with Gasteiger partial charge in [-0.05, 0) is 19.8 Å². The van der Waals surface area contributed by atoms with Crippen molar-refractivity contribution in [2.75, 3.05) is 31.6 Å². The molecule has 23 heavy (non-hydrogen) atoms. The van der Waals surface area contributed by atoms with Gasteiger partial charge in [0.2, 0.25) is 5.91 Å². The fourth-order valence-corrected chi connectivity index (χ4v) is 2.75. The third-order valence-electron chi connectivity index (χ3n) is 4.25. The molecule has 2 rings (SSSR count). The standard InChI is InChI=1S/C16H26N4O3/c1-4-12(5-2)15(21)18-13-11-17-20(6-3)14(13)16(22)19-7-9-23-10-8-19/h11-12H,4-10H2,1-3H3,(H,18,21). The summed E-state index contributed by atoms with van der Waals surface area (Å²) in [6.45, 7) is 8.69. The van der Waals surface area contributed by atoms with E-state index in [1.54, 1.807) is 15.8 Å². The second kappa shape index (κ2) is 8.10. The molecular weight excluding hydrogens is 296 g/mol. The minimum Gasteiger partial charge on any atom is -0.378 e. The third-order valence-corrected chi connectivity index (χ3v) is 4.25. The number of aryl methyl sites for hydroxylation is 1. The maximum Gasteiger partial charge on any atom is 0.274 e. The van der Waals surface area contributed by atoms with Crippen LogP contribution in [0.1, 0.15) is 44.1 Å². The summed E-state index contributed by atoms with van der Waals surface area (Å²) in [6.07, 6.45) is 3.12. The molecule has 0 aromatic carbocycles. The molecule has 7 nitrogen and oxygen atoms in total. The van der Waals surface area contributed by atoms with Gasteiger partial charge in [-0.2, -0.15) is 5.10 Å². The number of aromatic nitrogens is 2. The van der Waals surface area contributed by atoms with Crippen LogP contribution in [0.15, 0.2) is 6.20 Å². The van der Waals surface area contributed by atoms with E-state index in [9.17, 15) is 9.59 Å². The van der Waals surface area contributed by atoms with Crippen LogP contribution in [-0.4, -0.2) is 52.8 Å². The smallest absolute Gasteiger partial charge is 0.274 e. The zero-order chi connectivity index (χ0) is 16.8. The number of carbonyl (C=O) groups is 2. The summed E-state index contributed by atoms with van der Waals surface area (Å²) in [7, 11) is 0. The average molecular weight is 322 g/mol. The minimum absolute atomic E-state index is 0.0497. The van der Waals surface area contributed by atoms with Crippen LogP contribution in [0, 0.1) is 5.92 Å². The summed E-state index contributed by atoms with van der Waals surface area (Å²) >= 11 is 0. The molecule has 1 fully saturated rings. The van der Waals surface area contributed by atoms with Gasteiger partial charge in [0, 0.05) is 25.6 Å². The third kappa shape index (κ3) is 3.90. The van der Waals surface area contributed by atoms with Crippen molar-refractivity contribution in [1.82, 2.24) is 14.7 Å².